The van der Waals surface area contributed by atoms with Gasteiger partial charge in [-0.15, -0.1) is 0 Å². The fourth-order valence-corrected chi connectivity index (χ4v) is 1.91. The van der Waals surface area contributed by atoms with Crippen molar-refractivity contribution in [2.75, 3.05) is 0 Å². The van der Waals surface area contributed by atoms with Crippen LogP contribution in [0.25, 0.3) is 0 Å². The van der Waals surface area contributed by atoms with Gasteiger partial charge in [-0.1, -0.05) is 12.1 Å². The van der Waals surface area contributed by atoms with E-state index in [0.717, 1.165) is 0 Å². The molecule has 2 aromatic rings. The van der Waals surface area contributed by atoms with Gasteiger partial charge < -0.3 is 9.84 Å². The van der Waals surface area contributed by atoms with Crippen LogP contribution in [-0.2, 0) is 6.61 Å². The number of hydrogen-bond donors (Lipinski definition) is 1. The lowest BCUT2D eigenvalue weighted by molar-refractivity contribution is -0.384. The summed E-state index contributed by atoms with van der Waals surface area (Å²) in [4.78, 5) is 10.2. The number of halogens is 2. The van der Waals surface area contributed by atoms with Gasteiger partial charge in [0.05, 0.1) is 22.1 Å². The van der Waals surface area contributed by atoms with Gasteiger partial charge in [-0.3, -0.25) is 10.1 Å². The average molecular weight is 342 g/mol. The zero-order valence-corrected chi connectivity index (χ0v) is 11.6. The molecule has 0 bridgehead atoms. The summed E-state index contributed by atoms with van der Waals surface area (Å²) in [5.41, 5.74) is 0.0773. The van der Waals surface area contributed by atoms with Crippen molar-refractivity contribution in [3.8, 4) is 11.5 Å². The number of nitrogens with zero attached hydrogens (tertiary/aromatic N) is 1. The van der Waals surface area contributed by atoms with Crippen molar-refractivity contribution in [1.82, 2.24) is 0 Å². The Morgan fingerprint density at radius 3 is 2.75 bits per heavy atom. The molecule has 0 spiro atoms. The van der Waals surface area contributed by atoms with Gasteiger partial charge in [0, 0.05) is 11.6 Å². The molecule has 0 aliphatic carbocycles. The Bertz CT molecular complexity index is 663. The number of aliphatic hydroxyl groups excluding tert-OH is 1. The molecule has 0 heterocycles. The third kappa shape index (κ3) is 2.94. The molecule has 5 nitrogen and oxygen atoms in total. The van der Waals surface area contributed by atoms with Crippen molar-refractivity contribution in [2.24, 2.45) is 0 Å². The quantitative estimate of drug-likeness (QED) is 0.678. The number of nitro benzene ring substituents is 1. The summed E-state index contributed by atoms with van der Waals surface area (Å²) in [5.74, 6) is -0.717. The number of benzene rings is 2. The van der Waals surface area contributed by atoms with E-state index in [4.69, 9.17) is 9.84 Å². The first-order chi connectivity index (χ1) is 9.52. The molecule has 2 aromatic carbocycles. The van der Waals surface area contributed by atoms with E-state index in [-0.39, 0.29) is 22.7 Å². The summed E-state index contributed by atoms with van der Waals surface area (Å²) >= 11 is 3.18. The van der Waals surface area contributed by atoms with Crippen LogP contribution in [0.15, 0.2) is 40.9 Å². The average Bonchev–Trinajstić information content (AvgIpc) is 2.42. The van der Waals surface area contributed by atoms with Crippen molar-refractivity contribution in [3.63, 3.8) is 0 Å². The molecule has 2 rings (SSSR count). The van der Waals surface area contributed by atoms with Gasteiger partial charge in [0.2, 0.25) is 0 Å². The van der Waals surface area contributed by atoms with Crippen LogP contribution in [-0.4, -0.2) is 10.0 Å². The summed E-state index contributed by atoms with van der Waals surface area (Å²) in [6.07, 6.45) is 0. The molecule has 0 fully saturated rings. The maximum Gasteiger partial charge on any atom is 0.273 e. The molecular weight excluding hydrogens is 333 g/mol. The molecule has 0 aliphatic heterocycles. The second kappa shape index (κ2) is 5.98. The maximum atomic E-state index is 13.7. The largest absolute Gasteiger partial charge is 0.452 e. The highest BCUT2D eigenvalue weighted by Gasteiger charge is 2.15. The summed E-state index contributed by atoms with van der Waals surface area (Å²) in [6.45, 7) is -0.403. The summed E-state index contributed by atoms with van der Waals surface area (Å²) in [6, 6.07) is 8.04. The topological polar surface area (TPSA) is 72.6 Å². The first-order valence-electron chi connectivity index (χ1n) is 5.53. The molecular formula is C13H9BrFNO4. The third-order valence-corrected chi connectivity index (χ3v) is 3.21. The highest BCUT2D eigenvalue weighted by Crippen LogP contribution is 2.35. The zero-order chi connectivity index (χ0) is 14.7. The van der Waals surface area contributed by atoms with Crippen LogP contribution in [0.3, 0.4) is 0 Å². The van der Waals surface area contributed by atoms with Crippen LogP contribution in [0.1, 0.15) is 5.56 Å². The SMILES string of the molecule is O=[N+]([O-])c1ccc(Br)c(Oc2c(F)cccc2CO)c1. The lowest BCUT2D eigenvalue weighted by Gasteiger charge is -2.11. The number of nitro groups is 1. The number of ether oxygens (including phenoxy) is 1. The van der Waals surface area contributed by atoms with Crippen LogP contribution in [0, 0.1) is 15.9 Å². The van der Waals surface area contributed by atoms with E-state index < -0.39 is 17.3 Å². The number of para-hydroxylation sites is 1. The lowest BCUT2D eigenvalue weighted by atomic mass is 10.2. The normalized spacial score (nSPS) is 10.3. The number of rotatable bonds is 4. The van der Waals surface area contributed by atoms with Crippen molar-refractivity contribution in [3.05, 3.63) is 62.4 Å². The van der Waals surface area contributed by atoms with Gasteiger partial charge in [0.25, 0.3) is 5.69 Å². The van der Waals surface area contributed by atoms with Gasteiger partial charge in [-0.05, 0) is 28.1 Å². The van der Waals surface area contributed by atoms with E-state index >= 15 is 0 Å². The van der Waals surface area contributed by atoms with Crippen LogP contribution in [0.5, 0.6) is 11.5 Å². The van der Waals surface area contributed by atoms with Gasteiger partial charge in [-0.2, -0.15) is 0 Å². The number of aliphatic hydroxyl groups is 1. The van der Waals surface area contributed by atoms with Crippen LogP contribution < -0.4 is 4.74 Å². The Morgan fingerprint density at radius 2 is 2.10 bits per heavy atom. The van der Waals surface area contributed by atoms with Crippen LogP contribution in [0.2, 0.25) is 0 Å². The van der Waals surface area contributed by atoms with Crippen molar-refractivity contribution in [2.45, 2.75) is 6.61 Å². The fraction of sp³-hybridized carbons (Fsp3) is 0.0769. The molecule has 1 N–H and O–H groups in total. The fourth-order valence-electron chi connectivity index (χ4n) is 1.59. The van der Waals surface area contributed by atoms with Gasteiger partial charge in [0.15, 0.2) is 11.6 Å². The Balaban J connectivity index is 2.44. The molecule has 0 radical (unpaired) electrons. The first-order valence-corrected chi connectivity index (χ1v) is 6.32. The minimum Gasteiger partial charge on any atom is -0.452 e. The van der Waals surface area contributed by atoms with Crippen LogP contribution in [0.4, 0.5) is 10.1 Å². The Morgan fingerprint density at radius 1 is 1.35 bits per heavy atom. The number of hydrogen-bond acceptors (Lipinski definition) is 4. The summed E-state index contributed by atoms with van der Waals surface area (Å²) in [7, 11) is 0. The second-order valence-corrected chi connectivity index (χ2v) is 4.71. The predicted molar refractivity (Wildman–Crippen MR) is 73.2 cm³/mol. The van der Waals surface area contributed by atoms with E-state index in [9.17, 15) is 14.5 Å². The molecule has 0 unspecified atom stereocenters. The molecule has 0 aliphatic rings. The number of non-ortho nitro benzene ring substituents is 1. The van der Waals surface area contributed by atoms with Crippen molar-refractivity contribution in [1.29, 1.82) is 0 Å². The predicted octanol–water partition coefficient (Wildman–Crippen LogP) is 3.78. The lowest BCUT2D eigenvalue weighted by Crippen LogP contribution is -1.96. The highest BCUT2D eigenvalue weighted by atomic mass is 79.9. The molecule has 0 saturated heterocycles. The second-order valence-electron chi connectivity index (χ2n) is 3.86. The minimum absolute atomic E-state index is 0.0963. The molecule has 20 heavy (non-hydrogen) atoms. The van der Waals surface area contributed by atoms with Gasteiger partial charge in [-0.25, -0.2) is 4.39 Å². The maximum absolute atomic E-state index is 13.7. The molecule has 104 valence electrons. The van der Waals surface area contributed by atoms with Gasteiger partial charge in [0.1, 0.15) is 5.75 Å². The van der Waals surface area contributed by atoms with Crippen molar-refractivity contribution >= 4 is 21.6 Å². The molecule has 0 amide bonds. The molecule has 7 heteroatoms. The van der Waals surface area contributed by atoms with E-state index in [0.29, 0.717) is 4.47 Å². The van der Waals surface area contributed by atoms with E-state index in [1.165, 1.54) is 36.4 Å². The summed E-state index contributed by atoms with van der Waals surface area (Å²) in [5, 5.41) is 19.9. The van der Waals surface area contributed by atoms with E-state index in [1.807, 2.05) is 0 Å². The van der Waals surface area contributed by atoms with Gasteiger partial charge >= 0.3 is 0 Å². The van der Waals surface area contributed by atoms with Crippen molar-refractivity contribution < 1.29 is 19.2 Å². The van der Waals surface area contributed by atoms with E-state index in [2.05, 4.69) is 15.9 Å². The molecule has 0 atom stereocenters. The zero-order valence-electron chi connectivity index (χ0n) is 10.0. The Kier molecular flexibility index (Phi) is 4.31. The van der Waals surface area contributed by atoms with E-state index in [1.54, 1.807) is 0 Å². The smallest absolute Gasteiger partial charge is 0.273 e. The summed E-state index contributed by atoms with van der Waals surface area (Å²) < 4.78 is 19.5. The Labute approximate surface area is 121 Å². The first kappa shape index (κ1) is 14.4. The monoisotopic (exact) mass is 341 g/mol. The minimum atomic E-state index is -0.657. The Hall–Kier alpha value is -1.99. The standard InChI is InChI=1S/C13H9BrFNO4/c14-10-5-4-9(16(18)19)6-12(10)20-13-8(7-17)2-1-3-11(13)15/h1-6,17H,7H2. The molecule has 0 saturated carbocycles. The molecule has 0 aromatic heterocycles. The highest BCUT2D eigenvalue weighted by molar-refractivity contribution is 9.10. The third-order valence-electron chi connectivity index (χ3n) is 2.56. The van der Waals surface area contributed by atoms with Crippen LogP contribution >= 0.6 is 15.9 Å².